The van der Waals surface area contributed by atoms with Gasteiger partial charge in [-0.25, -0.2) is 8.42 Å². The zero-order chi connectivity index (χ0) is 25.2. The summed E-state index contributed by atoms with van der Waals surface area (Å²) in [6.07, 6.45) is 1.91. The van der Waals surface area contributed by atoms with Gasteiger partial charge in [0.25, 0.3) is 5.91 Å². The van der Waals surface area contributed by atoms with Crippen LogP contribution in [0.4, 0.5) is 0 Å². The molecule has 0 radical (unpaired) electrons. The number of hydrogen-bond acceptors (Lipinski definition) is 6. The zero-order valence-corrected chi connectivity index (χ0v) is 20.5. The number of aromatic nitrogens is 3. The Morgan fingerprint density at radius 1 is 1.09 bits per heavy atom. The van der Waals surface area contributed by atoms with Crippen LogP contribution in [0.1, 0.15) is 35.9 Å². The molecule has 2 aromatic heterocycles. The maximum absolute atomic E-state index is 13.0. The quantitative estimate of drug-likeness (QED) is 0.377. The first-order valence-corrected chi connectivity index (χ1v) is 12.7. The molecule has 0 fully saturated rings. The average molecular weight is 495 g/mol. The number of para-hydroxylation sites is 1. The molecule has 2 heterocycles. The van der Waals surface area contributed by atoms with E-state index in [1.807, 2.05) is 41.1 Å². The monoisotopic (exact) mass is 494 g/mol. The molecule has 4 rings (SSSR count). The van der Waals surface area contributed by atoms with Gasteiger partial charge in [0, 0.05) is 19.3 Å². The first-order chi connectivity index (χ1) is 16.7. The van der Waals surface area contributed by atoms with Crippen LogP contribution in [0.2, 0.25) is 0 Å². The van der Waals surface area contributed by atoms with Crippen LogP contribution in [0.15, 0.2) is 71.8 Å². The SMILES string of the molecule is CCOC(=O)CS(=O)(=O)c1ccc(C(C)NC(=O)c2cc(-n3ccc4ccccc43)nn2C)cc1. The fraction of sp³-hybridized carbons (Fsp3) is 0.240. The number of rotatable bonds is 8. The van der Waals surface area contributed by atoms with Crippen LogP contribution in [0.5, 0.6) is 0 Å². The molecule has 35 heavy (non-hydrogen) atoms. The Labute approximate surface area is 203 Å². The predicted molar refractivity (Wildman–Crippen MR) is 131 cm³/mol. The number of esters is 1. The molecule has 0 spiro atoms. The standard InChI is InChI=1S/C25H26N4O5S/c1-4-34-24(30)16-35(32,33)20-11-9-18(10-12-20)17(2)26-25(31)22-15-23(27-28(22)3)29-14-13-19-7-5-6-8-21(19)29/h5-15,17H,4,16H2,1-3H3,(H,26,31). The van der Waals surface area contributed by atoms with Crippen molar-refractivity contribution in [3.8, 4) is 5.82 Å². The molecule has 1 atom stereocenters. The summed E-state index contributed by atoms with van der Waals surface area (Å²) in [5.74, 6) is -1.19. The lowest BCUT2D eigenvalue weighted by atomic mass is 10.1. The van der Waals surface area contributed by atoms with E-state index >= 15 is 0 Å². The van der Waals surface area contributed by atoms with Gasteiger partial charge in [0.2, 0.25) is 0 Å². The molecule has 182 valence electrons. The van der Waals surface area contributed by atoms with Crippen LogP contribution in [-0.4, -0.2) is 47.0 Å². The molecule has 4 aromatic rings. The van der Waals surface area contributed by atoms with Crippen LogP contribution in [0, 0.1) is 0 Å². The number of amides is 1. The fourth-order valence-electron chi connectivity index (χ4n) is 3.82. The highest BCUT2D eigenvalue weighted by atomic mass is 32.2. The summed E-state index contributed by atoms with van der Waals surface area (Å²) < 4.78 is 33.0. The molecule has 0 saturated carbocycles. The second-order valence-electron chi connectivity index (χ2n) is 8.08. The summed E-state index contributed by atoms with van der Waals surface area (Å²) in [5.41, 5.74) is 2.09. The summed E-state index contributed by atoms with van der Waals surface area (Å²) in [6.45, 7) is 3.53. The molecule has 9 nitrogen and oxygen atoms in total. The largest absolute Gasteiger partial charge is 0.465 e. The lowest BCUT2D eigenvalue weighted by Crippen LogP contribution is -2.28. The molecule has 0 aliphatic heterocycles. The summed E-state index contributed by atoms with van der Waals surface area (Å²) in [5, 5.41) is 8.49. The molecule has 0 saturated heterocycles. The molecule has 1 N–H and O–H groups in total. The minimum atomic E-state index is -3.81. The molecule has 0 aliphatic carbocycles. The van der Waals surface area contributed by atoms with Gasteiger partial charge in [0.05, 0.1) is 23.1 Å². The number of carbonyl (C=O) groups is 2. The minimum Gasteiger partial charge on any atom is -0.465 e. The number of fused-ring (bicyclic) bond motifs is 1. The maximum Gasteiger partial charge on any atom is 0.321 e. The van der Waals surface area contributed by atoms with E-state index in [0.29, 0.717) is 17.1 Å². The van der Waals surface area contributed by atoms with Crippen molar-refractivity contribution in [3.05, 3.63) is 78.1 Å². The molecule has 0 aliphatic rings. The third-order valence-electron chi connectivity index (χ3n) is 5.65. The van der Waals surface area contributed by atoms with Gasteiger partial charge in [-0.3, -0.25) is 18.8 Å². The topological polar surface area (TPSA) is 112 Å². The number of aryl methyl sites for hydroxylation is 1. The van der Waals surface area contributed by atoms with Gasteiger partial charge < -0.3 is 10.1 Å². The second kappa shape index (κ2) is 9.75. The first kappa shape index (κ1) is 24.2. The van der Waals surface area contributed by atoms with Gasteiger partial charge in [-0.2, -0.15) is 5.10 Å². The molecule has 0 bridgehead atoms. The van der Waals surface area contributed by atoms with Crippen molar-refractivity contribution in [2.75, 3.05) is 12.4 Å². The van der Waals surface area contributed by atoms with Crippen molar-refractivity contribution in [2.24, 2.45) is 7.05 Å². The van der Waals surface area contributed by atoms with Crippen LogP contribution >= 0.6 is 0 Å². The number of benzene rings is 2. The molecular weight excluding hydrogens is 468 g/mol. The fourth-order valence-corrected chi connectivity index (χ4v) is 4.94. The minimum absolute atomic E-state index is 0.0167. The van der Waals surface area contributed by atoms with Gasteiger partial charge in [-0.1, -0.05) is 30.3 Å². The van der Waals surface area contributed by atoms with Crippen molar-refractivity contribution < 1.29 is 22.7 Å². The third kappa shape index (κ3) is 5.12. The predicted octanol–water partition coefficient (Wildman–Crippen LogP) is 3.19. The van der Waals surface area contributed by atoms with Crippen molar-refractivity contribution in [3.63, 3.8) is 0 Å². The first-order valence-electron chi connectivity index (χ1n) is 11.1. The average Bonchev–Trinajstić information content (AvgIpc) is 3.42. The molecular formula is C25H26N4O5S. The Morgan fingerprint density at radius 3 is 2.51 bits per heavy atom. The van der Waals surface area contributed by atoms with Crippen molar-refractivity contribution >= 4 is 32.6 Å². The maximum atomic E-state index is 13.0. The van der Waals surface area contributed by atoms with E-state index in [1.165, 1.54) is 16.8 Å². The third-order valence-corrected chi connectivity index (χ3v) is 7.25. The number of hydrogen-bond donors (Lipinski definition) is 1. The van der Waals surface area contributed by atoms with Crippen LogP contribution < -0.4 is 5.32 Å². The van der Waals surface area contributed by atoms with Crippen molar-refractivity contribution in [1.82, 2.24) is 19.7 Å². The summed E-state index contributed by atoms with van der Waals surface area (Å²) >= 11 is 0. The van der Waals surface area contributed by atoms with E-state index in [1.54, 1.807) is 39.1 Å². The van der Waals surface area contributed by atoms with E-state index in [-0.39, 0.29) is 17.4 Å². The Morgan fingerprint density at radius 2 is 1.80 bits per heavy atom. The normalized spacial score (nSPS) is 12.4. The smallest absolute Gasteiger partial charge is 0.321 e. The number of carbonyl (C=O) groups excluding carboxylic acids is 2. The molecule has 2 aromatic carbocycles. The Bertz CT molecular complexity index is 1490. The summed E-state index contributed by atoms with van der Waals surface area (Å²) in [6, 6.07) is 17.3. The molecule has 10 heteroatoms. The van der Waals surface area contributed by atoms with E-state index in [9.17, 15) is 18.0 Å². The van der Waals surface area contributed by atoms with Crippen molar-refractivity contribution in [1.29, 1.82) is 0 Å². The van der Waals surface area contributed by atoms with E-state index in [4.69, 9.17) is 4.74 Å². The highest BCUT2D eigenvalue weighted by Crippen LogP contribution is 2.21. The summed E-state index contributed by atoms with van der Waals surface area (Å²) in [4.78, 5) is 24.6. The number of sulfone groups is 1. The Balaban J connectivity index is 1.47. The lowest BCUT2D eigenvalue weighted by Gasteiger charge is -2.15. The van der Waals surface area contributed by atoms with Crippen LogP contribution in [-0.2, 0) is 26.4 Å². The van der Waals surface area contributed by atoms with Gasteiger partial charge >= 0.3 is 5.97 Å². The number of nitrogens with zero attached hydrogens (tertiary/aromatic N) is 3. The van der Waals surface area contributed by atoms with E-state index in [0.717, 1.165) is 10.9 Å². The van der Waals surface area contributed by atoms with Crippen LogP contribution in [0.3, 0.4) is 0 Å². The highest BCUT2D eigenvalue weighted by molar-refractivity contribution is 7.92. The number of nitrogens with one attached hydrogen (secondary N) is 1. The number of ether oxygens (including phenoxy) is 1. The van der Waals surface area contributed by atoms with Gasteiger partial charge in [-0.05, 0) is 49.1 Å². The van der Waals surface area contributed by atoms with Gasteiger partial charge in [0.1, 0.15) is 5.69 Å². The summed E-state index contributed by atoms with van der Waals surface area (Å²) in [7, 11) is -2.10. The zero-order valence-electron chi connectivity index (χ0n) is 19.6. The Hall–Kier alpha value is -3.92. The lowest BCUT2D eigenvalue weighted by molar-refractivity contribution is -0.139. The highest BCUT2D eigenvalue weighted by Gasteiger charge is 2.21. The van der Waals surface area contributed by atoms with Crippen LogP contribution in [0.25, 0.3) is 16.7 Å². The van der Waals surface area contributed by atoms with E-state index in [2.05, 4.69) is 10.4 Å². The Kier molecular flexibility index (Phi) is 6.74. The second-order valence-corrected chi connectivity index (χ2v) is 10.1. The van der Waals surface area contributed by atoms with E-state index < -0.39 is 27.6 Å². The van der Waals surface area contributed by atoms with Crippen molar-refractivity contribution in [2.45, 2.75) is 24.8 Å². The molecule has 1 amide bonds. The van der Waals surface area contributed by atoms with Gasteiger partial charge in [0.15, 0.2) is 21.4 Å². The van der Waals surface area contributed by atoms with Gasteiger partial charge in [-0.15, -0.1) is 0 Å². The molecule has 1 unspecified atom stereocenters.